The number of carbonyl (C=O) groups excluding carboxylic acids is 2. The lowest BCUT2D eigenvalue weighted by molar-refractivity contribution is -0.130. The molecule has 138 valence electrons. The standard InChI is InChI=1S/C17H22N6O3/c1-2-18-17(26)22-9-7-21(8-10-22)15(24)12-19-13-11-20-14-5-3-4-6-23(14)16(13)25/h3-6,11,19H,2,7-10,12H2,1H3,(H,18,26). The van der Waals surface area contributed by atoms with Gasteiger partial charge in [0, 0.05) is 38.9 Å². The van der Waals surface area contributed by atoms with E-state index in [1.165, 1.54) is 10.6 Å². The normalized spacial score (nSPS) is 14.3. The third-order valence-corrected chi connectivity index (χ3v) is 4.29. The number of amides is 3. The largest absolute Gasteiger partial charge is 0.370 e. The van der Waals surface area contributed by atoms with E-state index in [0.29, 0.717) is 38.4 Å². The summed E-state index contributed by atoms with van der Waals surface area (Å²) in [7, 11) is 0. The summed E-state index contributed by atoms with van der Waals surface area (Å²) >= 11 is 0. The summed E-state index contributed by atoms with van der Waals surface area (Å²) in [4.78, 5) is 44.1. The maximum Gasteiger partial charge on any atom is 0.317 e. The van der Waals surface area contributed by atoms with Gasteiger partial charge in [0.1, 0.15) is 11.3 Å². The average Bonchev–Trinajstić information content (AvgIpc) is 2.68. The van der Waals surface area contributed by atoms with Gasteiger partial charge in [-0.3, -0.25) is 14.0 Å². The molecule has 2 aromatic rings. The third kappa shape index (κ3) is 3.76. The molecule has 3 heterocycles. The summed E-state index contributed by atoms with van der Waals surface area (Å²) < 4.78 is 1.43. The highest BCUT2D eigenvalue weighted by molar-refractivity contribution is 5.81. The van der Waals surface area contributed by atoms with Crippen molar-refractivity contribution in [3.63, 3.8) is 0 Å². The maximum atomic E-state index is 12.4. The number of pyridine rings is 1. The lowest BCUT2D eigenvalue weighted by atomic mass is 10.3. The monoisotopic (exact) mass is 358 g/mol. The van der Waals surface area contributed by atoms with E-state index in [2.05, 4.69) is 15.6 Å². The molecule has 0 bridgehead atoms. The minimum Gasteiger partial charge on any atom is -0.370 e. The molecule has 9 heteroatoms. The van der Waals surface area contributed by atoms with E-state index in [4.69, 9.17) is 0 Å². The van der Waals surface area contributed by atoms with Crippen LogP contribution in [-0.2, 0) is 4.79 Å². The van der Waals surface area contributed by atoms with Gasteiger partial charge in [0.2, 0.25) is 5.91 Å². The van der Waals surface area contributed by atoms with Crippen molar-refractivity contribution in [2.75, 3.05) is 44.6 Å². The molecule has 0 aliphatic carbocycles. The Morgan fingerprint density at radius 1 is 1.15 bits per heavy atom. The highest BCUT2D eigenvalue weighted by atomic mass is 16.2. The van der Waals surface area contributed by atoms with Crippen LogP contribution in [0.2, 0.25) is 0 Å². The van der Waals surface area contributed by atoms with Crippen LogP contribution in [0.5, 0.6) is 0 Å². The van der Waals surface area contributed by atoms with Gasteiger partial charge in [0.25, 0.3) is 5.56 Å². The van der Waals surface area contributed by atoms with Crippen molar-refractivity contribution in [2.45, 2.75) is 6.92 Å². The molecule has 2 aromatic heterocycles. The van der Waals surface area contributed by atoms with Gasteiger partial charge >= 0.3 is 6.03 Å². The van der Waals surface area contributed by atoms with Crippen molar-refractivity contribution in [3.8, 4) is 0 Å². The number of hydrogen-bond donors (Lipinski definition) is 2. The Kier molecular flexibility index (Phi) is 5.35. The first-order valence-corrected chi connectivity index (χ1v) is 8.61. The highest BCUT2D eigenvalue weighted by Crippen LogP contribution is 2.05. The Labute approximate surface area is 150 Å². The second-order valence-corrected chi connectivity index (χ2v) is 5.96. The van der Waals surface area contributed by atoms with Gasteiger partial charge in [-0.1, -0.05) is 6.07 Å². The Hall–Kier alpha value is -3.10. The lowest BCUT2D eigenvalue weighted by Gasteiger charge is -2.34. The number of fused-ring (bicyclic) bond motifs is 1. The summed E-state index contributed by atoms with van der Waals surface area (Å²) in [6.45, 7) is 4.41. The van der Waals surface area contributed by atoms with Crippen LogP contribution in [0.25, 0.3) is 5.65 Å². The number of rotatable bonds is 4. The molecule has 1 aliphatic rings. The van der Waals surface area contributed by atoms with Crippen molar-refractivity contribution < 1.29 is 9.59 Å². The fourth-order valence-corrected chi connectivity index (χ4v) is 2.85. The van der Waals surface area contributed by atoms with E-state index in [-0.39, 0.29) is 29.7 Å². The van der Waals surface area contributed by atoms with Gasteiger partial charge in [-0.15, -0.1) is 0 Å². The number of carbonyl (C=O) groups is 2. The molecule has 3 rings (SSSR count). The van der Waals surface area contributed by atoms with Crippen molar-refractivity contribution in [1.82, 2.24) is 24.5 Å². The summed E-state index contributed by atoms with van der Waals surface area (Å²) in [6.07, 6.45) is 3.08. The molecule has 1 aliphatic heterocycles. The highest BCUT2D eigenvalue weighted by Gasteiger charge is 2.23. The second-order valence-electron chi connectivity index (χ2n) is 5.96. The second kappa shape index (κ2) is 7.85. The van der Waals surface area contributed by atoms with Crippen LogP contribution in [0.15, 0.2) is 35.4 Å². The van der Waals surface area contributed by atoms with Gasteiger partial charge < -0.3 is 20.4 Å². The number of nitrogens with zero attached hydrogens (tertiary/aromatic N) is 4. The Morgan fingerprint density at radius 2 is 1.88 bits per heavy atom. The fraction of sp³-hybridized carbons (Fsp3) is 0.412. The molecule has 1 fully saturated rings. The third-order valence-electron chi connectivity index (χ3n) is 4.29. The topological polar surface area (TPSA) is 99.1 Å². The number of aromatic nitrogens is 2. The number of hydrogen-bond acceptors (Lipinski definition) is 5. The van der Waals surface area contributed by atoms with E-state index in [1.54, 1.807) is 34.2 Å². The van der Waals surface area contributed by atoms with Gasteiger partial charge in [0.15, 0.2) is 0 Å². The van der Waals surface area contributed by atoms with E-state index < -0.39 is 0 Å². The zero-order valence-electron chi connectivity index (χ0n) is 14.6. The zero-order valence-corrected chi connectivity index (χ0v) is 14.6. The summed E-state index contributed by atoms with van der Waals surface area (Å²) in [5.41, 5.74) is 0.586. The van der Waals surface area contributed by atoms with E-state index >= 15 is 0 Å². The molecule has 2 N–H and O–H groups in total. The van der Waals surface area contributed by atoms with Crippen molar-refractivity contribution in [3.05, 3.63) is 40.9 Å². The quantitative estimate of drug-likeness (QED) is 0.800. The SMILES string of the molecule is CCNC(=O)N1CCN(C(=O)CNc2cnc3ccccn3c2=O)CC1. The molecule has 9 nitrogen and oxygen atoms in total. The summed E-state index contributed by atoms with van der Waals surface area (Å²) in [5, 5.41) is 5.63. The van der Waals surface area contributed by atoms with Crippen LogP contribution in [0.4, 0.5) is 10.5 Å². The Balaban J connectivity index is 1.56. The number of piperazine rings is 1. The van der Waals surface area contributed by atoms with Crippen molar-refractivity contribution >= 4 is 23.3 Å². The lowest BCUT2D eigenvalue weighted by Crippen LogP contribution is -2.54. The predicted octanol–water partition coefficient (Wildman–Crippen LogP) is -0.0199. The number of nitrogens with one attached hydrogen (secondary N) is 2. The van der Waals surface area contributed by atoms with Gasteiger partial charge in [-0.25, -0.2) is 9.78 Å². The molecular formula is C17H22N6O3. The van der Waals surface area contributed by atoms with Crippen LogP contribution in [0, 0.1) is 0 Å². The van der Waals surface area contributed by atoms with Gasteiger partial charge in [-0.05, 0) is 19.1 Å². The molecule has 0 unspecified atom stereocenters. The van der Waals surface area contributed by atoms with Crippen molar-refractivity contribution in [2.24, 2.45) is 0 Å². The molecule has 0 radical (unpaired) electrons. The van der Waals surface area contributed by atoms with Gasteiger partial charge in [-0.2, -0.15) is 0 Å². The number of urea groups is 1. The van der Waals surface area contributed by atoms with E-state index in [9.17, 15) is 14.4 Å². The zero-order chi connectivity index (χ0) is 18.5. The van der Waals surface area contributed by atoms with Crippen LogP contribution < -0.4 is 16.2 Å². The molecule has 0 atom stereocenters. The first-order valence-electron chi connectivity index (χ1n) is 8.61. The molecule has 3 amide bonds. The van der Waals surface area contributed by atoms with Crippen LogP contribution in [0.3, 0.4) is 0 Å². The first-order chi connectivity index (χ1) is 12.6. The molecule has 0 aromatic carbocycles. The first kappa shape index (κ1) is 17.7. The summed E-state index contributed by atoms with van der Waals surface area (Å²) in [5.74, 6) is -0.113. The maximum absolute atomic E-state index is 12.4. The smallest absolute Gasteiger partial charge is 0.317 e. The number of anilines is 1. The molecule has 0 saturated carbocycles. The minimum atomic E-state index is -0.246. The molecule has 1 saturated heterocycles. The molecular weight excluding hydrogens is 336 g/mol. The minimum absolute atomic E-state index is 0.0109. The summed E-state index contributed by atoms with van der Waals surface area (Å²) in [6, 6.07) is 5.19. The van der Waals surface area contributed by atoms with Crippen molar-refractivity contribution in [1.29, 1.82) is 0 Å². The van der Waals surface area contributed by atoms with E-state index in [1.807, 2.05) is 6.92 Å². The van der Waals surface area contributed by atoms with E-state index in [0.717, 1.165) is 0 Å². The van der Waals surface area contributed by atoms with Crippen LogP contribution in [-0.4, -0.2) is 70.4 Å². The average molecular weight is 358 g/mol. The molecule has 26 heavy (non-hydrogen) atoms. The Morgan fingerprint density at radius 3 is 2.62 bits per heavy atom. The van der Waals surface area contributed by atoms with Crippen LogP contribution >= 0.6 is 0 Å². The molecule has 0 spiro atoms. The Bertz CT molecular complexity index is 857. The van der Waals surface area contributed by atoms with Gasteiger partial charge in [0.05, 0.1) is 12.7 Å². The fourth-order valence-electron chi connectivity index (χ4n) is 2.85. The van der Waals surface area contributed by atoms with Crippen LogP contribution in [0.1, 0.15) is 6.92 Å². The predicted molar refractivity (Wildman–Crippen MR) is 97.2 cm³/mol.